The van der Waals surface area contributed by atoms with Crippen LogP contribution in [0.1, 0.15) is 48.3 Å². The number of hydrogen-bond acceptors (Lipinski definition) is 3. The lowest BCUT2D eigenvalue weighted by molar-refractivity contribution is 0.0758. The molecule has 2 rings (SSSR count). The first-order chi connectivity index (χ1) is 9.52. The fourth-order valence-corrected chi connectivity index (χ4v) is 3.21. The Morgan fingerprint density at radius 1 is 1.45 bits per heavy atom. The molecule has 1 aromatic heterocycles. The Balaban J connectivity index is 2.05. The van der Waals surface area contributed by atoms with Gasteiger partial charge in [0.15, 0.2) is 0 Å². The third-order valence-electron chi connectivity index (χ3n) is 3.79. The van der Waals surface area contributed by atoms with Crippen LogP contribution >= 0.6 is 11.3 Å². The summed E-state index contributed by atoms with van der Waals surface area (Å²) in [6, 6.07) is 1.88. The van der Waals surface area contributed by atoms with Crippen molar-refractivity contribution in [2.24, 2.45) is 11.1 Å². The van der Waals surface area contributed by atoms with Gasteiger partial charge in [0.1, 0.15) is 0 Å². The van der Waals surface area contributed by atoms with Crippen LogP contribution in [0.4, 0.5) is 0 Å². The van der Waals surface area contributed by atoms with Gasteiger partial charge in [-0.05, 0) is 30.7 Å². The summed E-state index contributed by atoms with van der Waals surface area (Å²) < 4.78 is 0. The highest BCUT2D eigenvalue weighted by molar-refractivity contribution is 7.10. The van der Waals surface area contributed by atoms with Gasteiger partial charge in [0, 0.05) is 18.5 Å². The van der Waals surface area contributed by atoms with Crippen molar-refractivity contribution in [3.63, 3.8) is 0 Å². The number of nitrogens with two attached hydrogens (primary N) is 1. The van der Waals surface area contributed by atoms with E-state index in [1.165, 1.54) is 17.8 Å². The average molecular weight is 290 g/mol. The van der Waals surface area contributed by atoms with Gasteiger partial charge in [-0.1, -0.05) is 25.7 Å². The zero-order valence-electron chi connectivity index (χ0n) is 12.2. The van der Waals surface area contributed by atoms with E-state index in [-0.39, 0.29) is 5.91 Å². The Kier molecular flexibility index (Phi) is 4.85. The van der Waals surface area contributed by atoms with Crippen molar-refractivity contribution in [1.82, 2.24) is 4.90 Å². The number of amides is 1. The van der Waals surface area contributed by atoms with Gasteiger partial charge in [0.25, 0.3) is 5.91 Å². The van der Waals surface area contributed by atoms with Crippen LogP contribution in [0.2, 0.25) is 0 Å². The third-order valence-corrected chi connectivity index (χ3v) is 4.63. The van der Waals surface area contributed by atoms with E-state index in [9.17, 15) is 4.79 Å². The molecule has 108 valence electrons. The van der Waals surface area contributed by atoms with Gasteiger partial charge in [-0.25, -0.2) is 0 Å². The second-order valence-corrected chi connectivity index (χ2v) is 6.93. The van der Waals surface area contributed by atoms with Crippen molar-refractivity contribution in [2.45, 2.75) is 33.1 Å². The van der Waals surface area contributed by atoms with Crippen LogP contribution in [-0.4, -0.2) is 30.4 Å². The first kappa shape index (κ1) is 15.1. The van der Waals surface area contributed by atoms with Crippen molar-refractivity contribution in [3.05, 3.63) is 21.9 Å². The summed E-state index contributed by atoms with van der Waals surface area (Å²) in [6.45, 7) is 6.63. The average Bonchev–Trinajstić information content (AvgIpc) is 2.80. The van der Waals surface area contributed by atoms with Gasteiger partial charge in [0.05, 0.1) is 17.0 Å². The SMILES string of the molecule is CC1(C)CCCN(C(=O)c2csc(C#CCN)c2)CC1. The standard InChI is InChI=1S/C16H22N2OS/c1-16(2)6-4-9-18(10-7-16)15(19)13-11-14(20-12-13)5-3-8-17/h11-12H,4,6-10,17H2,1-2H3. The van der Waals surface area contributed by atoms with Crippen molar-refractivity contribution in [1.29, 1.82) is 0 Å². The monoisotopic (exact) mass is 290 g/mol. The van der Waals surface area contributed by atoms with Gasteiger partial charge in [0.2, 0.25) is 0 Å². The molecule has 1 fully saturated rings. The lowest BCUT2D eigenvalue weighted by Gasteiger charge is -2.23. The van der Waals surface area contributed by atoms with Crippen molar-refractivity contribution in [3.8, 4) is 11.8 Å². The largest absolute Gasteiger partial charge is 0.339 e. The van der Waals surface area contributed by atoms with E-state index in [1.54, 1.807) is 0 Å². The fraction of sp³-hybridized carbons (Fsp3) is 0.562. The molecule has 0 bridgehead atoms. The number of carbonyl (C=O) groups is 1. The molecule has 1 aliphatic rings. The van der Waals surface area contributed by atoms with E-state index in [0.29, 0.717) is 12.0 Å². The van der Waals surface area contributed by atoms with E-state index in [4.69, 9.17) is 5.73 Å². The van der Waals surface area contributed by atoms with E-state index in [1.807, 2.05) is 16.3 Å². The minimum absolute atomic E-state index is 0.139. The second kappa shape index (κ2) is 6.43. The van der Waals surface area contributed by atoms with Crippen LogP contribution in [0.15, 0.2) is 11.4 Å². The fourth-order valence-electron chi connectivity index (χ4n) is 2.46. The van der Waals surface area contributed by atoms with Crippen LogP contribution in [0.25, 0.3) is 0 Å². The summed E-state index contributed by atoms with van der Waals surface area (Å²) in [5, 5.41) is 1.90. The Hall–Kier alpha value is -1.31. The zero-order valence-corrected chi connectivity index (χ0v) is 13.1. The molecular weight excluding hydrogens is 268 g/mol. The molecular formula is C16H22N2OS. The Morgan fingerprint density at radius 2 is 2.25 bits per heavy atom. The molecule has 2 N–H and O–H groups in total. The van der Waals surface area contributed by atoms with E-state index in [2.05, 4.69) is 25.7 Å². The highest BCUT2D eigenvalue weighted by atomic mass is 32.1. The number of thiophene rings is 1. The van der Waals surface area contributed by atoms with E-state index < -0.39 is 0 Å². The third kappa shape index (κ3) is 3.84. The lowest BCUT2D eigenvalue weighted by atomic mass is 9.85. The number of rotatable bonds is 1. The molecule has 0 atom stereocenters. The molecule has 1 aromatic rings. The van der Waals surface area contributed by atoms with Crippen molar-refractivity contribution in [2.75, 3.05) is 19.6 Å². The minimum Gasteiger partial charge on any atom is -0.339 e. The number of hydrogen-bond donors (Lipinski definition) is 1. The van der Waals surface area contributed by atoms with Crippen LogP contribution < -0.4 is 5.73 Å². The molecule has 2 heterocycles. The summed E-state index contributed by atoms with van der Waals surface area (Å²) in [4.78, 5) is 15.4. The van der Waals surface area contributed by atoms with Crippen molar-refractivity contribution < 1.29 is 4.79 Å². The molecule has 1 amide bonds. The first-order valence-electron chi connectivity index (χ1n) is 7.08. The number of carbonyl (C=O) groups excluding carboxylic acids is 1. The smallest absolute Gasteiger partial charge is 0.254 e. The summed E-state index contributed by atoms with van der Waals surface area (Å²) in [5.74, 6) is 5.94. The van der Waals surface area contributed by atoms with E-state index in [0.717, 1.165) is 36.4 Å². The molecule has 0 spiro atoms. The molecule has 4 heteroatoms. The second-order valence-electron chi connectivity index (χ2n) is 6.02. The molecule has 1 aliphatic heterocycles. The van der Waals surface area contributed by atoms with E-state index >= 15 is 0 Å². The number of likely N-dealkylation sites (tertiary alicyclic amines) is 1. The lowest BCUT2D eigenvalue weighted by Crippen LogP contribution is -2.32. The summed E-state index contributed by atoms with van der Waals surface area (Å²) in [7, 11) is 0. The topological polar surface area (TPSA) is 46.3 Å². The zero-order chi connectivity index (χ0) is 14.6. The van der Waals surface area contributed by atoms with Crippen LogP contribution in [-0.2, 0) is 0 Å². The van der Waals surface area contributed by atoms with Crippen LogP contribution in [0.3, 0.4) is 0 Å². The molecule has 0 aromatic carbocycles. The Labute approximate surface area is 125 Å². The number of nitrogens with zero attached hydrogens (tertiary/aromatic N) is 1. The molecule has 3 nitrogen and oxygen atoms in total. The molecule has 20 heavy (non-hydrogen) atoms. The normalized spacial score (nSPS) is 18.1. The van der Waals surface area contributed by atoms with Gasteiger partial charge >= 0.3 is 0 Å². The first-order valence-corrected chi connectivity index (χ1v) is 7.96. The maximum Gasteiger partial charge on any atom is 0.254 e. The maximum absolute atomic E-state index is 12.5. The van der Waals surface area contributed by atoms with Gasteiger partial charge in [-0.15, -0.1) is 11.3 Å². The van der Waals surface area contributed by atoms with Gasteiger partial charge in [-0.3, -0.25) is 4.79 Å². The summed E-state index contributed by atoms with van der Waals surface area (Å²) in [5.41, 5.74) is 6.47. The predicted octanol–water partition coefficient (Wildman–Crippen LogP) is 2.71. The van der Waals surface area contributed by atoms with Gasteiger partial charge in [-0.2, -0.15) is 0 Å². The predicted molar refractivity (Wildman–Crippen MR) is 83.8 cm³/mol. The van der Waals surface area contributed by atoms with Crippen LogP contribution in [0, 0.1) is 17.3 Å². The molecule has 0 radical (unpaired) electrons. The molecule has 0 unspecified atom stereocenters. The molecule has 0 saturated carbocycles. The highest BCUT2D eigenvalue weighted by Gasteiger charge is 2.26. The summed E-state index contributed by atoms with van der Waals surface area (Å²) >= 11 is 1.51. The molecule has 0 aliphatic carbocycles. The van der Waals surface area contributed by atoms with Gasteiger partial charge < -0.3 is 10.6 Å². The maximum atomic E-state index is 12.5. The summed E-state index contributed by atoms with van der Waals surface area (Å²) in [6.07, 6.45) is 3.35. The Bertz CT molecular complexity index is 536. The minimum atomic E-state index is 0.139. The van der Waals surface area contributed by atoms with Crippen LogP contribution in [0.5, 0.6) is 0 Å². The highest BCUT2D eigenvalue weighted by Crippen LogP contribution is 2.30. The molecule has 1 saturated heterocycles. The Morgan fingerprint density at radius 3 is 3.00 bits per heavy atom. The van der Waals surface area contributed by atoms with Crippen molar-refractivity contribution >= 4 is 17.2 Å². The quantitative estimate of drug-likeness (QED) is 0.808.